The Bertz CT molecular complexity index is 616. The number of nitrogens with one attached hydrogen (secondary N) is 2. The number of hydrogen-bond donors (Lipinski definition) is 2. The van der Waals surface area contributed by atoms with Crippen molar-refractivity contribution >= 4 is 11.6 Å². The van der Waals surface area contributed by atoms with Gasteiger partial charge < -0.3 is 15.2 Å². The first-order valence-corrected chi connectivity index (χ1v) is 6.49. The van der Waals surface area contributed by atoms with Gasteiger partial charge in [0.1, 0.15) is 0 Å². The van der Waals surface area contributed by atoms with Crippen molar-refractivity contribution in [3.8, 4) is 0 Å². The lowest BCUT2D eigenvalue weighted by Crippen LogP contribution is -2.23. The van der Waals surface area contributed by atoms with E-state index in [0.717, 1.165) is 24.3 Å². The largest absolute Gasteiger partial charge is 0.384 e. The summed E-state index contributed by atoms with van der Waals surface area (Å²) in [7, 11) is 1.97. The third-order valence-electron chi connectivity index (χ3n) is 3.56. The SMILES string of the molecule is Cn1cccc1CNC(=O)c1ccc2c(c1)NCC2. The number of carbonyl (C=O) groups excluding carboxylic acids is 1. The van der Waals surface area contributed by atoms with Gasteiger partial charge in [0.15, 0.2) is 0 Å². The molecule has 0 fully saturated rings. The highest BCUT2D eigenvalue weighted by molar-refractivity contribution is 5.95. The van der Waals surface area contributed by atoms with E-state index in [4.69, 9.17) is 0 Å². The minimum Gasteiger partial charge on any atom is -0.384 e. The smallest absolute Gasteiger partial charge is 0.251 e. The molecule has 0 bridgehead atoms. The number of fused-ring (bicyclic) bond motifs is 1. The summed E-state index contributed by atoms with van der Waals surface area (Å²) in [6, 6.07) is 9.84. The molecule has 0 radical (unpaired) electrons. The summed E-state index contributed by atoms with van der Waals surface area (Å²) in [6.45, 7) is 1.51. The summed E-state index contributed by atoms with van der Waals surface area (Å²) in [5.41, 5.74) is 4.18. The van der Waals surface area contributed by atoms with Crippen LogP contribution in [0, 0.1) is 0 Å². The Morgan fingerprint density at radius 1 is 1.42 bits per heavy atom. The predicted molar refractivity (Wildman–Crippen MR) is 75.2 cm³/mol. The van der Waals surface area contributed by atoms with Crippen LogP contribution in [-0.2, 0) is 20.0 Å². The maximum absolute atomic E-state index is 12.1. The number of anilines is 1. The Balaban J connectivity index is 1.69. The average molecular weight is 255 g/mol. The average Bonchev–Trinajstić information content (AvgIpc) is 3.03. The third kappa shape index (κ3) is 2.34. The number of aryl methyl sites for hydroxylation is 1. The number of carbonyl (C=O) groups is 1. The van der Waals surface area contributed by atoms with Gasteiger partial charge in [-0.2, -0.15) is 0 Å². The zero-order valence-electron chi connectivity index (χ0n) is 10.9. The number of rotatable bonds is 3. The minimum absolute atomic E-state index is 0.0299. The quantitative estimate of drug-likeness (QED) is 0.880. The van der Waals surface area contributed by atoms with Crippen LogP contribution in [0.5, 0.6) is 0 Å². The van der Waals surface area contributed by atoms with Crippen LogP contribution < -0.4 is 10.6 Å². The lowest BCUT2D eigenvalue weighted by Gasteiger charge is -2.08. The van der Waals surface area contributed by atoms with E-state index in [2.05, 4.69) is 10.6 Å². The van der Waals surface area contributed by atoms with Crippen molar-refractivity contribution in [3.63, 3.8) is 0 Å². The Hall–Kier alpha value is -2.23. The topological polar surface area (TPSA) is 46.1 Å². The fourth-order valence-corrected chi connectivity index (χ4v) is 2.39. The molecule has 0 unspecified atom stereocenters. The van der Waals surface area contributed by atoms with Crippen molar-refractivity contribution in [2.45, 2.75) is 13.0 Å². The normalized spacial score (nSPS) is 12.9. The molecule has 4 nitrogen and oxygen atoms in total. The monoisotopic (exact) mass is 255 g/mol. The molecule has 1 aliphatic heterocycles. The van der Waals surface area contributed by atoms with Crippen molar-refractivity contribution in [2.75, 3.05) is 11.9 Å². The number of benzene rings is 1. The molecule has 0 saturated heterocycles. The van der Waals surface area contributed by atoms with E-state index < -0.39 is 0 Å². The van der Waals surface area contributed by atoms with Gasteiger partial charge in [-0.3, -0.25) is 4.79 Å². The zero-order chi connectivity index (χ0) is 13.2. The highest BCUT2D eigenvalue weighted by Gasteiger charge is 2.13. The van der Waals surface area contributed by atoms with Crippen LogP contribution in [0.4, 0.5) is 5.69 Å². The summed E-state index contributed by atoms with van der Waals surface area (Å²) in [5, 5.41) is 6.24. The van der Waals surface area contributed by atoms with Crippen LogP contribution in [-0.4, -0.2) is 17.0 Å². The van der Waals surface area contributed by atoms with Crippen LogP contribution in [0.15, 0.2) is 36.5 Å². The van der Waals surface area contributed by atoms with Crippen molar-refractivity contribution in [1.29, 1.82) is 0 Å². The molecule has 3 rings (SSSR count). The van der Waals surface area contributed by atoms with Gasteiger partial charge in [0.2, 0.25) is 0 Å². The Morgan fingerprint density at radius 3 is 3.11 bits per heavy atom. The third-order valence-corrected chi connectivity index (χ3v) is 3.56. The van der Waals surface area contributed by atoms with Gasteiger partial charge in [-0.1, -0.05) is 6.07 Å². The summed E-state index contributed by atoms with van der Waals surface area (Å²) in [5.74, 6) is -0.0299. The first-order chi connectivity index (χ1) is 9.24. The lowest BCUT2D eigenvalue weighted by atomic mass is 10.1. The van der Waals surface area contributed by atoms with E-state index >= 15 is 0 Å². The standard InChI is InChI=1S/C15H17N3O/c1-18-8-2-3-13(18)10-17-15(19)12-5-4-11-6-7-16-14(11)9-12/h2-5,8-9,16H,6-7,10H2,1H3,(H,17,19). The molecule has 1 aromatic carbocycles. The highest BCUT2D eigenvalue weighted by Crippen LogP contribution is 2.23. The second-order valence-corrected chi connectivity index (χ2v) is 4.84. The van der Waals surface area contributed by atoms with E-state index in [9.17, 15) is 4.79 Å². The first-order valence-electron chi connectivity index (χ1n) is 6.49. The molecule has 1 amide bonds. The molecular formula is C15H17N3O. The summed E-state index contributed by atoms with van der Waals surface area (Å²) < 4.78 is 2.00. The van der Waals surface area contributed by atoms with Crippen molar-refractivity contribution < 1.29 is 4.79 Å². The number of hydrogen-bond acceptors (Lipinski definition) is 2. The molecular weight excluding hydrogens is 238 g/mol. The summed E-state index contributed by atoms with van der Waals surface area (Å²) in [4.78, 5) is 12.1. The van der Waals surface area contributed by atoms with E-state index in [1.807, 2.05) is 48.1 Å². The summed E-state index contributed by atoms with van der Waals surface area (Å²) in [6.07, 6.45) is 3.02. The number of nitrogens with zero attached hydrogens (tertiary/aromatic N) is 1. The van der Waals surface area contributed by atoms with Crippen molar-refractivity contribution in [3.05, 3.63) is 53.3 Å². The fourth-order valence-electron chi connectivity index (χ4n) is 2.39. The van der Waals surface area contributed by atoms with Gasteiger partial charge in [0.05, 0.1) is 6.54 Å². The molecule has 2 N–H and O–H groups in total. The van der Waals surface area contributed by atoms with Gasteiger partial charge in [-0.05, 0) is 36.2 Å². The molecule has 1 aliphatic rings. The molecule has 2 aromatic rings. The molecule has 1 aromatic heterocycles. The van der Waals surface area contributed by atoms with Gasteiger partial charge in [0, 0.05) is 36.7 Å². The van der Waals surface area contributed by atoms with Crippen LogP contribution in [0.2, 0.25) is 0 Å². The molecule has 0 aliphatic carbocycles. The second-order valence-electron chi connectivity index (χ2n) is 4.84. The number of amides is 1. The van der Waals surface area contributed by atoms with E-state index in [1.54, 1.807) is 0 Å². The van der Waals surface area contributed by atoms with Crippen LogP contribution in [0.1, 0.15) is 21.6 Å². The Morgan fingerprint density at radius 2 is 2.32 bits per heavy atom. The van der Waals surface area contributed by atoms with Crippen LogP contribution in [0.3, 0.4) is 0 Å². The number of aromatic nitrogens is 1. The Kier molecular flexibility index (Phi) is 2.99. The van der Waals surface area contributed by atoms with Gasteiger partial charge in [-0.25, -0.2) is 0 Å². The first kappa shape index (κ1) is 11.8. The maximum Gasteiger partial charge on any atom is 0.251 e. The van der Waals surface area contributed by atoms with Gasteiger partial charge in [0.25, 0.3) is 5.91 Å². The van der Waals surface area contributed by atoms with E-state index in [-0.39, 0.29) is 5.91 Å². The maximum atomic E-state index is 12.1. The molecule has 2 heterocycles. The fraction of sp³-hybridized carbons (Fsp3) is 0.267. The van der Waals surface area contributed by atoms with E-state index in [0.29, 0.717) is 12.1 Å². The predicted octanol–water partition coefficient (Wildman–Crippen LogP) is 1.92. The van der Waals surface area contributed by atoms with Gasteiger partial charge in [-0.15, -0.1) is 0 Å². The van der Waals surface area contributed by atoms with Gasteiger partial charge >= 0.3 is 0 Å². The van der Waals surface area contributed by atoms with E-state index in [1.165, 1.54) is 5.56 Å². The minimum atomic E-state index is -0.0299. The molecule has 0 spiro atoms. The van der Waals surface area contributed by atoms with Crippen molar-refractivity contribution in [1.82, 2.24) is 9.88 Å². The zero-order valence-corrected chi connectivity index (χ0v) is 10.9. The molecule has 19 heavy (non-hydrogen) atoms. The molecule has 0 saturated carbocycles. The summed E-state index contributed by atoms with van der Waals surface area (Å²) >= 11 is 0. The van der Waals surface area contributed by atoms with Crippen LogP contribution in [0.25, 0.3) is 0 Å². The molecule has 4 heteroatoms. The van der Waals surface area contributed by atoms with Crippen LogP contribution >= 0.6 is 0 Å². The highest BCUT2D eigenvalue weighted by atomic mass is 16.1. The Labute approximate surface area is 112 Å². The lowest BCUT2D eigenvalue weighted by molar-refractivity contribution is 0.0950. The van der Waals surface area contributed by atoms with Crippen molar-refractivity contribution in [2.24, 2.45) is 7.05 Å². The second kappa shape index (κ2) is 4.80. The molecule has 98 valence electrons. The molecule has 0 atom stereocenters.